The monoisotopic (exact) mass is 378 g/mol. The summed E-state index contributed by atoms with van der Waals surface area (Å²) in [5.74, 6) is 0.194. The molecule has 1 saturated carbocycles. The Morgan fingerprint density at radius 2 is 2.07 bits per heavy atom. The summed E-state index contributed by atoms with van der Waals surface area (Å²) in [6.07, 6.45) is 6.45. The number of fused-ring (bicyclic) bond motifs is 1. The van der Waals surface area contributed by atoms with Crippen LogP contribution in [0.5, 0.6) is 0 Å². The SMILES string of the molecule is Cn1nccc1[C@H]1[C@@H](C(=O)Nc2ccc3cc[nH]c3n2)CCC(=O)N1C1CC1. The summed E-state index contributed by atoms with van der Waals surface area (Å²) < 4.78 is 1.77. The number of carbonyl (C=O) groups excluding carboxylic acids is 2. The van der Waals surface area contributed by atoms with Crippen LogP contribution in [0.15, 0.2) is 36.7 Å². The van der Waals surface area contributed by atoms with Gasteiger partial charge in [0.1, 0.15) is 11.5 Å². The molecular formula is C20H22N6O2. The Bertz CT molecular complexity index is 1050. The van der Waals surface area contributed by atoms with Crippen molar-refractivity contribution in [3.8, 4) is 0 Å². The minimum Gasteiger partial charge on any atom is -0.346 e. The molecule has 1 aliphatic carbocycles. The van der Waals surface area contributed by atoms with Crippen molar-refractivity contribution in [1.82, 2.24) is 24.6 Å². The molecule has 0 unspecified atom stereocenters. The van der Waals surface area contributed by atoms with E-state index < -0.39 is 0 Å². The predicted octanol–water partition coefficient (Wildman–Crippen LogP) is 2.38. The maximum atomic E-state index is 13.2. The molecule has 1 aliphatic heterocycles. The fourth-order valence-corrected chi connectivity index (χ4v) is 4.21. The number of hydrogen-bond donors (Lipinski definition) is 2. The molecule has 2 fully saturated rings. The van der Waals surface area contributed by atoms with E-state index in [9.17, 15) is 9.59 Å². The van der Waals surface area contributed by atoms with Crippen molar-refractivity contribution >= 4 is 28.7 Å². The largest absolute Gasteiger partial charge is 0.346 e. The van der Waals surface area contributed by atoms with Crippen LogP contribution in [-0.4, -0.2) is 42.5 Å². The van der Waals surface area contributed by atoms with Crippen molar-refractivity contribution in [1.29, 1.82) is 0 Å². The summed E-state index contributed by atoms with van der Waals surface area (Å²) in [7, 11) is 1.86. The summed E-state index contributed by atoms with van der Waals surface area (Å²) in [4.78, 5) is 35.4. The molecule has 8 heteroatoms. The molecule has 2 aliphatic rings. The van der Waals surface area contributed by atoms with Crippen molar-refractivity contribution in [3.05, 3.63) is 42.4 Å². The van der Waals surface area contributed by atoms with Gasteiger partial charge in [-0.25, -0.2) is 4.98 Å². The van der Waals surface area contributed by atoms with Crippen molar-refractivity contribution in [3.63, 3.8) is 0 Å². The summed E-state index contributed by atoms with van der Waals surface area (Å²) in [5, 5.41) is 8.22. The van der Waals surface area contributed by atoms with Gasteiger partial charge in [-0.2, -0.15) is 5.10 Å². The van der Waals surface area contributed by atoms with E-state index in [1.807, 2.05) is 36.3 Å². The fraction of sp³-hybridized carbons (Fsp3) is 0.400. The van der Waals surface area contributed by atoms with Gasteiger partial charge in [-0.3, -0.25) is 14.3 Å². The number of anilines is 1. The van der Waals surface area contributed by atoms with E-state index >= 15 is 0 Å². The quantitative estimate of drug-likeness (QED) is 0.729. The van der Waals surface area contributed by atoms with Crippen LogP contribution in [0.1, 0.15) is 37.4 Å². The zero-order valence-electron chi connectivity index (χ0n) is 15.6. The number of aromatic nitrogens is 4. The number of nitrogens with zero attached hydrogens (tertiary/aromatic N) is 4. The lowest BCUT2D eigenvalue weighted by Crippen LogP contribution is -2.48. The molecule has 2 amide bonds. The first kappa shape index (κ1) is 17.0. The summed E-state index contributed by atoms with van der Waals surface area (Å²) >= 11 is 0. The molecule has 0 radical (unpaired) electrons. The van der Waals surface area contributed by atoms with Crippen molar-refractivity contribution in [2.75, 3.05) is 5.32 Å². The lowest BCUT2D eigenvalue weighted by molar-refractivity contribution is -0.143. The number of pyridine rings is 1. The van der Waals surface area contributed by atoms with Gasteiger partial charge in [-0.05, 0) is 43.5 Å². The van der Waals surface area contributed by atoms with Crippen LogP contribution in [0, 0.1) is 5.92 Å². The van der Waals surface area contributed by atoms with Crippen LogP contribution < -0.4 is 5.32 Å². The van der Waals surface area contributed by atoms with Gasteiger partial charge in [-0.15, -0.1) is 0 Å². The Kier molecular flexibility index (Phi) is 3.92. The van der Waals surface area contributed by atoms with Gasteiger partial charge in [-0.1, -0.05) is 0 Å². The Morgan fingerprint density at radius 3 is 2.82 bits per heavy atom. The zero-order valence-corrected chi connectivity index (χ0v) is 15.6. The lowest BCUT2D eigenvalue weighted by atomic mass is 9.85. The number of H-pyrrole nitrogens is 1. The topological polar surface area (TPSA) is 95.9 Å². The van der Waals surface area contributed by atoms with E-state index in [1.165, 1.54) is 0 Å². The highest BCUT2D eigenvalue weighted by Crippen LogP contribution is 2.43. The molecule has 3 aromatic heterocycles. The minimum absolute atomic E-state index is 0.109. The van der Waals surface area contributed by atoms with Crippen LogP contribution in [0.2, 0.25) is 0 Å². The van der Waals surface area contributed by atoms with E-state index in [4.69, 9.17) is 0 Å². The van der Waals surface area contributed by atoms with Crippen LogP contribution in [0.3, 0.4) is 0 Å². The molecule has 28 heavy (non-hydrogen) atoms. The maximum Gasteiger partial charge on any atom is 0.231 e. The van der Waals surface area contributed by atoms with Gasteiger partial charge < -0.3 is 15.2 Å². The number of carbonyl (C=O) groups is 2. The van der Waals surface area contributed by atoms with Crippen LogP contribution in [-0.2, 0) is 16.6 Å². The van der Waals surface area contributed by atoms with Gasteiger partial charge in [0.15, 0.2) is 0 Å². The summed E-state index contributed by atoms with van der Waals surface area (Å²) in [6.45, 7) is 0. The Hall–Kier alpha value is -3.16. The molecule has 144 valence electrons. The van der Waals surface area contributed by atoms with E-state index in [0.717, 1.165) is 29.6 Å². The highest BCUT2D eigenvalue weighted by atomic mass is 16.2. The number of rotatable bonds is 4. The number of aromatic amines is 1. The molecule has 0 bridgehead atoms. The standard InChI is InChI=1S/C20H22N6O2/c1-25-15(9-11-22-25)18-14(5-7-17(27)26(18)13-3-4-13)20(28)24-16-6-2-12-8-10-21-19(12)23-16/h2,6,8-11,13-14,18H,3-5,7H2,1H3,(H2,21,23,24,28)/t14-,18+/m0/s1. The van der Waals surface area contributed by atoms with Gasteiger partial charge in [0.2, 0.25) is 11.8 Å². The molecule has 2 atom stereocenters. The van der Waals surface area contributed by atoms with Crippen LogP contribution in [0.25, 0.3) is 11.0 Å². The fourth-order valence-electron chi connectivity index (χ4n) is 4.21. The van der Waals surface area contributed by atoms with Gasteiger partial charge in [0.05, 0.1) is 17.7 Å². The average molecular weight is 378 g/mol. The molecule has 5 rings (SSSR count). The van der Waals surface area contributed by atoms with Crippen molar-refractivity contribution in [2.24, 2.45) is 13.0 Å². The number of likely N-dealkylation sites (tertiary alicyclic amines) is 1. The number of hydrogen-bond acceptors (Lipinski definition) is 4. The van der Waals surface area contributed by atoms with Crippen LogP contribution >= 0.6 is 0 Å². The highest BCUT2D eigenvalue weighted by Gasteiger charge is 2.47. The summed E-state index contributed by atoms with van der Waals surface area (Å²) in [5.41, 5.74) is 1.63. The van der Waals surface area contributed by atoms with E-state index in [0.29, 0.717) is 18.7 Å². The summed E-state index contributed by atoms with van der Waals surface area (Å²) in [6, 6.07) is 7.51. The van der Waals surface area contributed by atoms with Crippen molar-refractivity contribution < 1.29 is 9.59 Å². The van der Waals surface area contributed by atoms with E-state index in [1.54, 1.807) is 16.9 Å². The molecule has 3 aromatic rings. The number of amides is 2. The number of nitrogens with one attached hydrogen (secondary N) is 2. The zero-order chi connectivity index (χ0) is 19.3. The van der Waals surface area contributed by atoms with Crippen molar-refractivity contribution in [2.45, 2.75) is 37.8 Å². The average Bonchev–Trinajstić information content (AvgIpc) is 3.25. The predicted molar refractivity (Wildman–Crippen MR) is 103 cm³/mol. The van der Waals surface area contributed by atoms with E-state index in [2.05, 4.69) is 20.4 Å². The number of aryl methyl sites for hydroxylation is 1. The smallest absolute Gasteiger partial charge is 0.231 e. The first-order valence-electron chi connectivity index (χ1n) is 9.66. The molecular weight excluding hydrogens is 356 g/mol. The van der Waals surface area contributed by atoms with Gasteiger partial charge in [0.25, 0.3) is 0 Å². The molecule has 2 N–H and O–H groups in total. The highest BCUT2D eigenvalue weighted by molar-refractivity contribution is 5.95. The molecule has 0 spiro atoms. The maximum absolute atomic E-state index is 13.2. The first-order valence-corrected chi connectivity index (χ1v) is 9.66. The van der Waals surface area contributed by atoms with E-state index in [-0.39, 0.29) is 29.8 Å². The minimum atomic E-state index is -0.338. The molecule has 8 nitrogen and oxygen atoms in total. The third-order valence-corrected chi connectivity index (χ3v) is 5.74. The normalized spacial score (nSPS) is 22.6. The Balaban J connectivity index is 1.46. The Labute approximate surface area is 161 Å². The Morgan fingerprint density at radius 1 is 1.21 bits per heavy atom. The molecule has 4 heterocycles. The molecule has 0 aromatic carbocycles. The lowest BCUT2D eigenvalue weighted by Gasteiger charge is -2.40. The third kappa shape index (κ3) is 2.85. The second-order valence-corrected chi connectivity index (χ2v) is 7.60. The second kappa shape index (κ2) is 6.47. The van der Waals surface area contributed by atoms with Gasteiger partial charge in [0, 0.05) is 37.3 Å². The number of piperidine rings is 1. The van der Waals surface area contributed by atoms with Crippen LogP contribution in [0.4, 0.5) is 5.82 Å². The molecule has 1 saturated heterocycles. The first-order chi connectivity index (χ1) is 13.6. The van der Waals surface area contributed by atoms with Gasteiger partial charge >= 0.3 is 0 Å². The third-order valence-electron chi connectivity index (χ3n) is 5.74. The second-order valence-electron chi connectivity index (χ2n) is 7.60.